The van der Waals surface area contributed by atoms with Crippen LogP contribution in [0.1, 0.15) is 46.9 Å². The number of rotatable bonds is 5. The summed E-state index contributed by atoms with van der Waals surface area (Å²) in [6, 6.07) is 5.16. The van der Waals surface area contributed by atoms with E-state index >= 15 is 0 Å². The minimum Gasteiger partial charge on any atom is -0.440 e. The van der Waals surface area contributed by atoms with E-state index in [9.17, 15) is 8.42 Å². The van der Waals surface area contributed by atoms with Crippen LogP contribution in [0.5, 0.6) is 0 Å². The number of benzene rings is 1. The van der Waals surface area contributed by atoms with Crippen LogP contribution in [-0.2, 0) is 15.4 Å². The van der Waals surface area contributed by atoms with Gasteiger partial charge in [0.2, 0.25) is 15.9 Å². The number of anilines is 1. The van der Waals surface area contributed by atoms with E-state index in [1.165, 1.54) is 0 Å². The smallest absolute Gasteiger partial charge is 0.232 e. The molecule has 2 aromatic rings. The molecule has 5 nitrogen and oxygen atoms in total. The highest BCUT2D eigenvalue weighted by molar-refractivity contribution is 7.92. The lowest BCUT2D eigenvalue weighted by Gasteiger charge is -2.11. The van der Waals surface area contributed by atoms with Crippen molar-refractivity contribution in [2.45, 2.75) is 46.5 Å². The van der Waals surface area contributed by atoms with Gasteiger partial charge in [-0.1, -0.05) is 34.6 Å². The first kappa shape index (κ1) is 16.8. The van der Waals surface area contributed by atoms with Gasteiger partial charge in [-0.25, -0.2) is 13.4 Å². The Labute approximate surface area is 132 Å². The van der Waals surface area contributed by atoms with Crippen LogP contribution >= 0.6 is 0 Å². The van der Waals surface area contributed by atoms with Crippen LogP contribution in [0.25, 0.3) is 11.1 Å². The molecule has 0 atom stereocenters. The number of hydrogen-bond donors (Lipinski definition) is 1. The summed E-state index contributed by atoms with van der Waals surface area (Å²) in [6.07, 6.45) is 0.635. The first-order chi connectivity index (χ1) is 10.1. The third kappa shape index (κ3) is 4.22. The molecule has 0 fully saturated rings. The van der Waals surface area contributed by atoms with Gasteiger partial charge in [-0.15, -0.1) is 0 Å². The fraction of sp³-hybridized carbons (Fsp3) is 0.562. The average molecular weight is 324 g/mol. The lowest BCUT2D eigenvalue weighted by Crippen LogP contribution is -2.17. The van der Waals surface area contributed by atoms with Crippen molar-refractivity contribution >= 4 is 26.8 Å². The van der Waals surface area contributed by atoms with E-state index in [4.69, 9.17) is 4.42 Å². The fourth-order valence-corrected chi connectivity index (χ4v) is 3.30. The third-order valence-electron chi connectivity index (χ3n) is 3.27. The summed E-state index contributed by atoms with van der Waals surface area (Å²) in [5.74, 6) is 1.11. The Bertz CT molecular complexity index is 755. The first-order valence-electron chi connectivity index (χ1n) is 7.48. The second kappa shape index (κ2) is 5.91. The molecule has 122 valence electrons. The lowest BCUT2D eigenvalue weighted by atomic mass is 9.97. The van der Waals surface area contributed by atoms with E-state index in [-0.39, 0.29) is 11.2 Å². The van der Waals surface area contributed by atoms with Gasteiger partial charge in [0, 0.05) is 5.41 Å². The molecule has 2 rings (SSSR count). The second-order valence-electron chi connectivity index (χ2n) is 7.05. The summed E-state index contributed by atoms with van der Waals surface area (Å²) in [5.41, 5.74) is 1.66. The standard InChI is InChI=1S/C16H24N2O3S/c1-11(2)8-9-22(19,20)18-12-6-7-14-13(10-12)17-15(21-14)16(3,4)5/h6-7,10-11,18H,8-9H2,1-5H3. The molecule has 1 aromatic carbocycles. The third-order valence-corrected chi connectivity index (χ3v) is 4.59. The Morgan fingerprint density at radius 3 is 2.55 bits per heavy atom. The van der Waals surface area contributed by atoms with Crippen molar-refractivity contribution in [1.82, 2.24) is 4.98 Å². The van der Waals surface area contributed by atoms with Gasteiger partial charge >= 0.3 is 0 Å². The molecule has 0 aliphatic carbocycles. The Balaban J connectivity index is 2.23. The molecule has 0 saturated carbocycles. The minimum absolute atomic E-state index is 0.120. The number of hydrogen-bond acceptors (Lipinski definition) is 4. The maximum Gasteiger partial charge on any atom is 0.232 e. The molecular formula is C16H24N2O3S. The van der Waals surface area contributed by atoms with E-state index in [0.29, 0.717) is 35.0 Å². The van der Waals surface area contributed by atoms with E-state index in [1.54, 1.807) is 18.2 Å². The van der Waals surface area contributed by atoms with Crippen LogP contribution in [0, 0.1) is 5.92 Å². The van der Waals surface area contributed by atoms with Crippen molar-refractivity contribution in [3.8, 4) is 0 Å². The normalized spacial score (nSPS) is 13.0. The fourth-order valence-electron chi connectivity index (χ4n) is 1.93. The minimum atomic E-state index is -3.33. The molecule has 0 radical (unpaired) electrons. The predicted octanol–water partition coefficient (Wildman–Crippen LogP) is 3.91. The number of nitrogens with one attached hydrogen (secondary N) is 1. The zero-order valence-corrected chi connectivity index (χ0v) is 14.6. The van der Waals surface area contributed by atoms with Gasteiger partial charge in [0.05, 0.1) is 11.4 Å². The Hall–Kier alpha value is -1.56. The van der Waals surface area contributed by atoms with Gasteiger partial charge < -0.3 is 4.42 Å². The summed E-state index contributed by atoms with van der Waals surface area (Å²) in [4.78, 5) is 4.45. The molecule has 1 N–H and O–H groups in total. The Morgan fingerprint density at radius 1 is 1.27 bits per heavy atom. The topological polar surface area (TPSA) is 72.2 Å². The van der Waals surface area contributed by atoms with E-state index < -0.39 is 10.0 Å². The molecule has 0 saturated heterocycles. The number of nitrogens with zero attached hydrogens (tertiary/aromatic N) is 1. The van der Waals surface area contributed by atoms with Crippen LogP contribution < -0.4 is 4.72 Å². The molecule has 0 spiro atoms. The maximum atomic E-state index is 12.0. The van der Waals surface area contributed by atoms with Gasteiger partial charge in [-0.2, -0.15) is 0 Å². The van der Waals surface area contributed by atoms with E-state index in [0.717, 1.165) is 0 Å². The zero-order valence-electron chi connectivity index (χ0n) is 13.8. The van der Waals surface area contributed by atoms with Crippen LogP contribution in [0.4, 0.5) is 5.69 Å². The molecule has 1 heterocycles. The SMILES string of the molecule is CC(C)CCS(=O)(=O)Nc1ccc2oc(C(C)(C)C)nc2c1. The summed E-state index contributed by atoms with van der Waals surface area (Å²) >= 11 is 0. The van der Waals surface area contributed by atoms with Gasteiger partial charge in [0.15, 0.2) is 5.58 Å². The number of fused-ring (bicyclic) bond motifs is 1. The first-order valence-corrected chi connectivity index (χ1v) is 9.13. The van der Waals surface area contributed by atoms with Crippen LogP contribution in [0.2, 0.25) is 0 Å². The molecule has 0 aliphatic rings. The van der Waals surface area contributed by atoms with Crippen LogP contribution in [-0.4, -0.2) is 19.2 Å². The highest BCUT2D eigenvalue weighted by atomic mass is 32.2. The van der Waals surface area contributed by atoms with Crippen molar-refractivity contribution in [2.24, 2.45) is 5.92 Å². The Kier molecular flexibility index (Phi) is 4.52. The van der Waals surface area contributed by atoms with Gasteiger partial charge in [0.1, 0.15) is 5.52 Å². The van der Waals surface area contributed by atoms with Crippen molar-refractivity contribution in [3.63, 3.8) is 0 Å². The van der Waals surface area contributed by atoms with Crippen molar-refractivity contribution < 1.29 is 12.8 Å². The monoisotopic (exact) mass is 324 g/mol. The maximum absolute atomic E-state index is 12.0. The van der Waals surface area contributed by atoms with Crippen molar-refractivity contribution in [1.29, 1.82) is 0 Å². The van der Waals surface area contributed by atoms with E-state index in [1.807, 2.05) is 34.6 Å². The lowest BCUT2D eigenvalue weighted by molar-refractivity contribution is 0.411. The zero-order chi connectivity index (χ0) is 16.5. The van der Waals surface area contributed by atoms with E-state index in [2.05, 4.69) is 9.71 Å². The predicted molar refractivity (Wildman–Crippen MR) is 89.6 cm³/mol. The quantitative estimate of drug-likeness (QED) is 0.905. The Morgan fingerprint density at radius 2 is 1.95 bits per heavy atom. The highest BCUT2D eigenvalue weighted by Crippen LogP contribution is 2.27. The van der Waals surface area contributed by atoms with Crippen LogP contribution in [0.15, 0.2) is 22.6 Å². The highest BCUT2D eigenvalue weighted by Gasteiger charge is 2.21. The second-order valence-corrected chi connectivity index (χ2v) is 8.90. The van der Waals surface area contributed by atoms with Gasteiger partial charge in [-0.05, 0) is 30.5 Å². The van der Waals surface area contributed by atoms with Crippen LogP contribution in [0.3, 0.4) is 0 Å². The summed E-state index contributed by atoms with van der Waals surface area (Å²) < 4.78 is 32.4. The molecule has 1 aromatic heterocycles. The molecule has 6 heteroatoms. The molecule has 22 heavy (non-hydrogen) atoms. The van der Waals surface area contributed by atoms with Crippen molar-refractivity contribution in [3.05, 3.63) is 24.1 Å². The number of sulfonamides is 1. The molecular weight excluding hydrogens is 300 g/mol. The average Bonchev–Trinajstić information content (AvgIpc) is 2.79. The number of aromatic nitrogens is 1. The number of oxazole rings is 1. The summed E-state index contributed by atoms with van der Waals surface area (Å²) in [6.45, 7) is 10.1. The van der Waals surface area contributed by atoms with Crippen molar-refractivity contribution in [2.75, 3.05) is 10.5 Å². The summed E-state index contributed by atoms with van der Waals surface area (Å²) in [5, 5.41) is 0. The molecule has 0 aliphatic heterocycles. The molecule has 0 amide bonds. The largest absolute Gasteiger partial charge is 0.440 e. The summed E-state index contributed by atoms with van der Waals surface area (Å²) in [7, 11) is -3.33. The molecule has 0 unspecified atom stereocenters. The van der Waals surface area contributed by atoms with Gasteiger partial charge in [0.25, 0.3) is 0 Å². The molecule has 0 bridgehead atoms. The van der Waals surface area contributed by atoms with Gasteiger partial charge in [-0.3, -0.25) is 4.72 Å².